The zero-order chi connectivity index (χ0) is 10.6. The lowest BCUT2D eigenvalue weighted by atomic mass is 10.2. The van der Waals surface area contributed by atoms with Gasteiger partial charge in [0.05, 0.1) is 0 Å². The third-order valence-corrected chi connectivity index (χ3v) is 1.44. The van der Waals surface area contributed by atoms with Crippen molar-refractivity contribution in [1.82, 2.24) is 0 Å². The van der Waals surface area contributed by atoms with Gasteiger partial charge in [-0.1, -0.05) is 48.6 Å². The van der Waals surface area contributed by atoms with E-state index in [2.05, 4.69) is 0 Å². The second-order valence-corrected chi connectivity index (χ2v) is 2.70. The Balaban J connectivity index is 3.92. The van der Waals surface area contributed by atoms with E-state index >= 15 is 0 Å². The summed E-state index contributed by atoms with van der Waals surface area (Å²) in [6, 6.07) is 0. The molecule has 0 saturated heterocycles. The average Bonchev–Trinajstić information content (AvgIpc) is 2.17. The van der Waals surface area contributed by atoms with Crippen molar-refractivity contribution in [3.8, 4) is 0 Å². The smallest absolute Gasteiger partial charge is 0.143 e. The first-order valence-electron chi connectivity index (χ1n) is 4.56. The molecule has 0 saturated carbocycles. The Morgan fingerprint density at radius 2 is 1.50 bits per heavy atom. The number of hydrogen-bond donors (Lipinski definition) is 0. The molecule has 0 aromatic rings. The minimum atomic E-state index is 0.787. The number of allylic oxidation sites excluding steroid dienone is 10. The molecule has 0 unspecified atom stereocenters. The maximum atomic E-state index is 10.1. The third kappa shape index (κ3) is 8.47. The lowest BCUT2D eigenvalue weighted by Crippen LogP contribution is -1.68. The van der Waals surface area contributed by atoms with E-state index in [9.17, 15) is 4.79 Å². The predicted molar refractivity (Wildman–Crippen MR) is 62.1 cm³/mol. The second kappa shape index (κ2) is 9.46. The fourth-order valence-electron chi connectivity index (χ4n) is 0.738. The highest BCUT2D eigenvalue weighted by atomic mass is 16.1. The van der Waals surface area contributed by atoms with Gasteiger partial charge >= 0.3 is 0 Å². The van der Waals surface area contributed by atoms with Crippen LogP contribution in [0.5, 0.6) is 0 Å². The van der Waals surface area contributed by atoms with Crippen molar-refractivity contribution in [3.05, 3.63) is 60.3 Å². The molecule has 0 aliphatic rings. The monoisotopic (exact) mass is 188 g/mol. The molecule has 0 radical (unpaired) electrons. The highest BCUT2D eigenvalue weighted by Crippen LogP contribution is 1.93. The first kappa shape index (κ1) is 12.4. The Morgan fingerprint density at radius 1 is 0.929 bits per heavy atom. The van der Waals surface area contributed by atoms with Crippen molar-refractivity contribution >= 4 is 6.29 Å². The summed E-state index contributed by atoms with van der Waals surface area (Å²) in [5.74, 6) is 0. The highest BCUT2D eigenvalue weighted by Gasteiger charge is 1.75. The number of aldehydes is 1. The van der Waals surface area contributed by atoms with Crippen molar-refractivity contribution < 1.29 is 4.79 Å². The van der Waals surface area contributed by atoms with Crippen molar-refractivity contribution in [2.24, 2.45) is 0 Å². The first-order valence-corrected chi connectivity index (χ1v) is 4.56. The van der Waals surface area contributed by atoms with Crippen LogP contribution in [-0.4, -0.2) is 6.29 Å². The molecular formula is C13H16O. The van der Waals surface area contributed by atoms with Gasteiger partial charge in [-0.2, -0.15) is 0 Å². The van der Waals surface area contributed by atoms with Crippen molar-refractivity contribution in [3.63, 3.8) is 0 Å². The van der Waals surface area contributed by atoms with E-state index in [1.807, 2.05) is 62.5 Å². The molecule has 0 amide bonds. The second-order valence-electron chi connectivity index (χ2n) is 2.70. The van der Waals surface area contributed by atoms with Crippen LogP contribution in [0.4, 0.5) is 0 Å². The van der Waals surface area contributed by atoms with Gasteiger partial charge in [0.15, 0.2) is 0 Å². The number of carbonyl (C=O) groups excluding carboxylic acids is 1. The molecule has 0 aromatic carbocycles. The quantitative estimate of drug-likeness (QED) is 0.367. The molecule has 0 heterocycles. The molecule has 0 aliphatic heterocycles. The van der Waals surface area contributed by atoms with Crippen LogP contribution in [0.15, 0.2) is 60.3 Å². The molecule has 14 heavy (non-hydrogen) atoms. The van der Waals surface area contributed by atoms with Gasteiger partial charge in [-0.05, 0) is 25.5 Å². The molecular weight excluding hydrogens is 172 g/mol. The lowest BCUT2D eigenvalue weighted by molar-refractivity contribution is -0.104. The van der Waals surface area contributed by atoms with Crippen LogP contribution < -0.4 is 0 Å². The maximum absolute atomic E-state index is 10.1. The molecule has 0 rings (SSSR count). The van der Waals surface area contributed by atoms with Crippen molar-refractivity contribution in [1.29, 1.82) is 0 Å². The molecule has 0 bridgehead atoms. The summed E-state index contributed by atoms with van der Waals surface area (Å²) in [7, 11) is 0. The predicted octanol–water partition coefficient (Wildman–Crippen LogP) is 3.38. The highest BCUT2D eigenvalue weighted by molar-refractivity contribution is 5.66. The maximum Gasteiger partial charge on any atom is 0.143 e. The fourth-order valence-corrected chi connectivity index (χ4v) is 0.738. The van der Waals surface area contributed by atoms with Gasteiger partial charge < -0.3 is 0 Å². The molecule has 0 fully saturated rings. The van der Waals surface area contributed by atoms with Gasteiger partial charge in [0.1, 0.15) is 6.29 Å². The summed E-state index contributed by atoms with van der Waals surface area (Å²) in [5.41, 5.74) is 0.946. The Bertz CT molecular complexity index is 288. The zero-order valence-electron chi connectivity index (χ0n) is 8.68. The van der Waals surface area contributed by atoms with E-state index in [4.69, 9.17) is 0 Å². The summed E-state index contributed by atoms with van der Waals surface area (Å²) >= 11 is 0. The fraction of sp³-hybridized carbons (Fsp3) is 0.154. The van der Waals surface area contributed by atoms with Gasteiger partial charge in [0, 0.05) is 0 Å². The minimum absolute atomic E-state index is 0.787. The Hall–Kier alpha value is -1.63. The van der Waals surface area contributed by atoms with Crippen LogP contribution in [0.1, 0.15) is 13.8 Å². The van der Waals surface area contributed by atoms with E-state index in [0.717, 1.165) is 11.9 Å². The first-order chi connectivity index (χ1) is 6.81. The standard InChI is InChI=1S/C13H16O/c1-3-4-5-6-7-8-9-10-13(2)11-12-14/h3-12H,1-2H3/b4-3+,6-5+,8-7+,10-9+,13-11+. The Kier molecular flexibility index (Phi) is 8.36. The van der Waals surface area contributed by atoms with Crippen LogP contribution >= 0.6 is 0 Å². The Morgan fingerprint density at radius 3 is 2.07 bits per heavy atom. The summed E-state index contributed by atoms with van der Waals surface area (Å²) in [6.45, 7) is 3.86. The number of hydrogen-bond acceptors (Lipinski definition) is 1. The Labute approximate surface area is 85.8 Å². The largest absolute Gasteiger partial charge is 0.299 e. The summed E-state index contributed by atoms with van der Waals surface area (Å²) in [5, 5.41) is 0. The molecule has 0 aliphatic carbocycles. The van der Waals surface area contributed by atoms with Crippen molar-refractivity contribution in [2.45, 2.75) is 13.8 Å². The van der Waals surface area contributed by atoms with Crippen molar-refractivity contribution in [2.75, 3.05) is 0 Å². The number of rotatable bonds is 5. The molecule has 0 aromatic heterocycles. The molecule has 1 nitrogen and oxygen atoms in total. The number of carbonyl (C=O) groups is 1. The summed E-state index contributed by atoms with van der Waals surface area (Å²) in [6.07, 6.45) is 17.8. The van der Waals surface area contributed by atoms with Gasteiger partial charge in [-0.3, -0.25) is 4.79 Å². The summed E-state index contributed by atoms with van der Waals surface area (Å²) in [4.78, 5) is 10.1. The van der Waals surface area contributed by atoms with E-state index in [-0.39, 0.29) is 0 Å². The van der Waals surface area contributed by atoms with Crippen LogP contribution in [0.25, 0.3) is 0 Å². The lowest BCUT2D eigenvalue weighted by Gasteiger charge is -1.82. The molecule has 1 heteroatoms. The topological polar surface area (TPSA) is 17.1 Å². The normalized spacial score (nSPS) is 14.0. The van der Waals surface area contributed by atoms with Gasteiger partial charge in [0.25, 0.3) is 0 Å². The van der Waals surface area contributed by atoms with E-state index in [0.29, 0.717) is 0 Å². The molecule has 74 valence electrons. The molecule has 0 spiro atoms. The van der Waals surface area contributed by atoms with E-state index in [1.54, 1.807) is 0 Å². The molecule has 0 N–H and O–H groups in total. The van der Waals surface area contributed by atoms with Gasteiger partial charge in [0.2, 0.25) is 0 Å². The zero-order valence-corrected chi connectivity index (χ0v) is 8.68. The van der Waals surface area contributed by atoms with Crippen LogP contribution in [-0.2, 0) is 4.79 Å². The molecule has 0 atom stereocenters. The SMILES string of the molecule is C/C=C/C=C/C=C/C=C/C(C)=C/C=O. The van der Waals surface area contributed by atoms with Crippen LogP contribution in [0, 0.1) is 0 Å². The van der Waals surface area contributed by atoms with Gasteiger partial charge in [-0.15, -0.1) is 0 Å². The average molecular weight is 188 g/mol. The summed E-state index contributed by atoms with van der Waals surface area (Å²) < 4.78 is 0. The van der Waals surface area contributed by atoms with E-state index < -0.39 is 0 Å². The van der Waals surface area contributed by atoms with E-state index in [1.165, 1.54) is 6.08 Å². The van der Waals surface area contributed by atoms with Crippen LogP contribution in [0.2, 0.25) is 0 Å². The van der Waals surface area contributed by atoms with Gasteiger partial charge in [-0.25, -0.2) is 0 Å². The minimum Gasteiger partial charge on any atom is -0.299 e. The van der Waals surface area contributed by atoms with Crippen LogP contribution in [0.3, 0.4) is 0 Å². The third-order valence-electron chi connectivity index (χ3n) is 1.44.